The van der Waals surface area contributed by atoms with Gasteiger partial charge in [0.25, 0.3) is 0 Å². The zero-order valence-electron chi connectivity index (χ0n) is 16.4. The number of carbonyl (C=O) groups is 2. The smallest absolute Gasteiger partial charge is 0.228 e. The van der Waals surface area contributed by atoms with E-state index in [-0.39, 0.29) is 36.4 Å². The van der Waals surface area contributed by atoms with Crippen molar-refractivity contribution in [3.05, 3.63) is 18.2 Å². The van der Waals surface area contributed by atoms with Crippen LogP contribution in [0.2, 0.25) is 0 Å². The van der Waals surface area contributed by atoms with Gasteiger partial charge >= 0.3 is 0 Å². The van der Waals surface area contributed by atoms with Gasteiger partial charge in [0.05, 0.1) is 19.1 Å². The fourth-order valence-corrected chi connectivity index (χ4v) is 4.66. The lowest BCUT2D eigenvalue weighted by atomic mass is 9.95. The number of hydrogen-bond donors (Lipinski definition) is 0. The third-order valence-electron chi connectivity index (χ3n) is 6.11. The van der Waals surface area contributed by atoms with Gasteiger partial charge in [-0.05, 0) is 25.0 Å². The van der Waals surface area contributed by atoms with Crippen LogP contribution in [0.15, 0.2) is 18.2 Å². The van der Waals surface area contributed by atoms with Gasteiger partial charge in [0.2, 0.25) is 11.8 Å². The summed E-state index contributed by atoms with van der Waals surface area (Å²) in [5, 5.41) is 0. The molecule has 4 aliphatic heterocycles. The third kappa shape index (κ3) is 3.67. The number of benzene rings is 1. The number of hydrogen-bond acceptors (Lipinski definition) is 6. The lowest BCUT2D eigenvalue weighted by Gasteiger charge is -2.36. The van der Waals surface area contributed by atoms with Crippen molar-refractivity contribution in [3.8, 4) is 11.5 Å². The molecule has 2 amide bonds. The molecule has 4 aliphatic rings. The molecule has 1 aromatic rings. The molecule has 3 saturated heterocycles. The maximum absolute atomic E-state index is 13.1. The average molecular weight is 402 g/mol. The van der Waals surface area contributed by atoms with Gasteiger partial charge in [0.15, 0.2) is 17.8 Å². The van der Waals surface area contributed by atoms with Gasteiger partial charge in [-0.15, -0.1) is 0 Å². The van der Waals surface area contributed by atoms with Crippen LogP contribution in [-0.4, -0.2) is 69.1 Å². The number of amides is 2. The van der Waals surface area contributed by atoms with E-state index >= 15 is 0 Å². The summed E-state index contributed by atoms with van der Waals surface area (Å²) in [6, 6.07) is 5.50. The number of nitrogens with zero attached hydrogens (tertiary/aromatic N) is 2. The number of fused-ring (bicyclic) bond motifs is 1. The van der Waals surface area contributed by atoms with Crippen LogP contribution in [0.5, 0.6) is 11.5 Å². The first-order chi connectivity index (χ1) is 14.2. The maximum Gasteiger partial charge on any atom is 0.228 e. The van der Waals surface area contributed by atoms with Crippen molar-refractivity contribution in [1.82, 2.24) is 4.90 Å². The molecular weight excluding hydrogens is 376 g/mol. The molecular formula is C21H26N2O6. The van der Waals surface area contributed by atoms with Crippen LogP contribution in [0.25, 0.3) is 0 Å². The van der Waals surface area contributed by atoms with E-state index in [9.17, 15) is 9.59 Å². The molecule has 29 heavy (non-hydrogen) atoms. The molecule has 8 heteroatoms. The highest BCUT2D eigenvalue weighted by Gasteiger charge is 2.40. The third-order valence-corrected chi connectivity index (χ3v) is 6.11. The van der Waals surface area contributed by atoms with Gasteiger partial charge in [-0.25, -0.2) is 0 Å². The van der Waals surface area contributed by atoms with E-state index in [0.717, 1.165) is 25.1 Å². The average Bonchev–Trinajstić information content (AvgIpc) is 3.43. The predicted molar refractivity (Wildman–Crippen MR) is 103 cm³/mol. The molecule has 3 fully saturated rings. The molecule has 0 N–H and O–H groups in total. The topological polar surface area (TPSA) is 77.5 Å². The van der Waals surface area contributed by atoms with E-state index in [1.165, 1.54) is 0 Å². The van der Waals surface area contributed by atoms with Crippen LogP contribution in [0.1, 0.15) is 19.3 Å². The highest BCUT2D eigenvalue weighted by molar-refractivity contribution is 6.00. The van der Waals surface area contributed by atoms with Crippen molar-refractivity contribution in [2.45, 2.75) is 25.6 Å². The molecule has 5 rings (SSSR count). The van der Waals surface area contributed by atoms with Gasteiger partial charge in [-0.1, -0.05) is 0 Å². The Morgan fingerprint density at radius 1 is 1.00 bits per heavy atom. The fraction of sp³-hybridized carbons (Fsp3) is 0.619. The molecule has 0 radical (unpaired) electrons. The Morgan fingerprint density at radius 2 is 1.79 bits per heavy atom. The molecule has 8 nitrogen and oxygen atoms in total. The SMILES string of the molecule is O=C(C1CC(=O)N(c2ccc3c(c2)OCCO3)C1)N1CCCC(C2OCCO2)C1. The highest BCUT2D eigenvalue weighted by atomic mass is 16.7. The molecule has 0 spiro atoms. The second-order valence-corrected chi connectivity index (χ2v) is 8.03. The summed E-state index contributed by atoms with van der Waals surface area (Å²) in [7, 11) is 0. The van der Waals surface area contributed by atoms with Crippen LogP contribution in [0.4, 0.5) is 5.69 Å². The standard InChI is InChI=1S/C21H26N2O6/c24-19-10-15(13-23(19)16-3-4-17-18(11-16)27-7-6-26-17)20(25)22-5-1-2-14(12-22)21-28-8-9-29-21/h3-4,11,14-15,21H,1-2,5-10,12-13H2. The Hall–Kier alpha value is -2.32. The minimum Gasteiger partial charge on any atom is -0.486 e. The zero-order chi connectivity index (χ0) is 19.8. The van der Waals surface area contributed by atoms with Crippen molar-refractivity contribution in [2.24, 2.45) is 11.8 Å². The van der Waals surface area contributed by atoms with Crippen LogP contribution in [0.3, 0.4) is 0 Å². The molecule has 0 saturated carbocycles. The van der Waals surface area contributed by atoms with Crippen LogP contribution in [-0.2, 0) is 19.1 Å². The minimum absolute atomic E-state index is 0.0314. The maximum atomic E-state index is 13.1. The highest BCUT2D eigenvalue weighted by Crippen LogP contribution is 2.36. The van der Waals surface area contributed by atoms with E-state index < -0.39 is 0 Å². The summed E-state index contributed by atoms with van der Waals surface area (Å²) in [5.74, 6) is 1.25. The normalized spacial score (nSPS) is 27.5. The quantitative estimate of drug-likeness (QED) is 0.761. The van der Waals surface area contributed by atoms with Crippen molar-refractivity contribution in [3.63, 3.8) is 0 Å². The van der Waals surface area contributed by atoms with Gasteiger partial charge in [-0.2, -0.15) is 0 Å². The Morgan fingerprint density at radius 3 is 2.62 bits per heavy atom. The number of likely N-dealkylation sites (tertiary alicyclic amines) is 1. The molecule has 0 bridgehead atoms. The Labute approximate surface area is 169 Å². The number of piperidine rings is 1. The van der Waals surface area contributed by atoms with E-state index in [1.807, 2.05) is 23.1 Å². The fourth-order valence-electron chi connectivity index (χ4n) is 4.66. The van der Waals surface area contributed by atoms with Crippen LogP contribution >= 0.6 is 0 Å². The van der Waals surface area contributed by atoms with Gasteiger partial charge < -0.3 is 28.7 Å². The van der Waals surface area contributed by atoms with Crippen molar-refractivity contribution in [1.29, 1.82) is 0 Å². The first kappa shape index (κ1) is 18.7. The number of rotatable bonds is 3. The summed E-state index contributed by atoms with van der Waals surface area (Å²) in [4.78, 5) is 29.4. The summed E-state index contributed by atoms with van der Waals surface area (Å²) in [6.07, 6.45) is 1.98. The van der Waals surface area contributed by atoms with Crippen LogP contribution < -0.4 is 14.4 Å². The lowest BCUT2D eigenvalue weighted by molar-refractivity contribution is -0.143. The second-order valence-electron chi connectivity index (χ2n) is 8.03. The minimum atomic E-state index is -0.320. The zero-order valence-corrected chi connectivity index (χ0v) is 16.4. The van der Waals surface area contributed by atoms with Gasteiger partial charge in [-0.3, -0.25) is 9.59 Å². The van der Waals surface area contributed by atoms with Crippen molar-refractivity contribution < 1.29 is 28.5 Å². The summed E-state index contributed by atoms with van der Waals surface area (Å²) < 4.78 is 22.5. The van der Waals surface area contributed by atoms with E-state index in [2.05, 4.69) is 0 Å². The first-order valence-electron chi connectivity index (χ1n) is 10.4. The number of carbonyl (C=O) groups excluding carboxylic acids is 2. The Balaban J connectivity index is 1.25. The van der Waals surface area contributed by atoms with Gasteiger partial charge in [0, 0.05) is 43.7 Å². The van der Waals surface area contributed by atoms with Crippen molar-refractivity contribution in [2.75, 3.05) is 51.0 Å². The summed E-state index contributed by atoms with van der Waals surface area (Å²) in [6.45, 7) is 4.03. The predicted octanol–water partition coefficient (Wildman–Crippen LogP) is 1.42. The van der Waals surface area contributed by atoms with E-state index in [1.54, 1.807) is 4.90 Å². The number of anilines is 1. The number of ether oxygens (including phenoxy) is 4. The molecule has 0 aromatic heterocycles. The molecule has 2 atom stereocenters. The van der Waals surface area contributed by atoms with Gasteiger partial charge in [0.1, 0.15) is 13.2 Å². The molecule has 4 heterocycles. The lowest BCUT2D eigenvalue weighted by Crippen LogP contribution is -2.46. The molecule has 2 unspecified atom stereocenters. The largest absolute Gasteiger partial charge is 0.486 e. The van der Waals surface area contributed by atoms with E-state index in [4.69, 9.17) is 18.9 Å². The molecule has 156 valence electrons. The molecule has 1 aromatic carbocycles. The first-order valence-corrected chi connectivity index (χ1v) is 10.4. The molecule has 0 aliphatic carbocycles. The summed E-state index contributed by atoms with van der Waals surface area (Å²) in [5.41, 5.74) is 0.749. The van der Waals surface area contributed by atoms with Crippen LogP contribution in [0, 0.1) is 11.8 Å². The van der Waals surface area contributed by atoms with Crippen molar-refractivity contribution >= 4 is 17.5 Å². The monoisotopic (exact) mass is 402 g/mol. The Bertz CT molecular complexity index is 793. The second kappa shape index (κ2) is 7.84. The van der Waals surface area contributed by atoms with E-state index in [0.29, 0.717) is 51.0 Å². The summed E-state index contributed by atoms with van der Waals surface area (Å²) >= 11 is 0. The Kier molecular flexibility index (Phi) is 5.05.